The van der Waals surface area contributed by atoms with Gasteiger partial charge in [-0.25, -0.2) is 4.98 Å². The lowest BCUT2D eigenvalue weighted by Gasteiger charge is -2.33. The fourth-order valence-corrected chi connectivity index (χ4v) is 3.06. The first kappa shape index (κ1) is 15.1. The third-order valence-electron chi connectivity index (χ3n) is 4.10. The van der Waals surface area contributed by atoms with E-state index in [2.05, 4.69) is 29.5 Å². The van der Waals surface area contributed by atoms with Crippen LogP contribution in [0.4, 0.5) is 5.82 Å². The maximum absolute atomic E-state index is 12.4. The van der Waals surface area contributed by atoms with Crippen molar-refractivity contribution in [2.45, 2.75) is 39.2 Å². The van der Waals surface area contributed by atoms with E-state index in [1.807, 2.05) is 0 Å². The van der Waals surface area contributed by atoms with Crippen molar-refractivity contribution in [3.05, 3.63) is 22.8 Å². The second kappa shape index (κ2) is 6.44. The monoisotopic (exact) mass is 295 g/mol. The Morgan fingerprint density at radius 2 is 2.15 bits per heavy atom. The molecule has 0 radical (unpaired) electrons. The van der Waals surface area contributed by atoms with Crippen molar-refractivity contribution in [2.75, 3.05) is 12.4 Å². The first-order valence-corrected chi connectivity index (χ1v) is 7.53. The van der Waals surface area contributed by atoms with Gasteiger partial charge in [0, 0.05) is 19.3 Å². The number of aromatic nitrogens is 1. The number of nitrogens with one attached hydrogen (secondary N) is 2. The van der Waals surface area contributed by atoms with Crippen molar-refractivity contribution < 1.29 is 4.79 Å². The summed E-state index contributed by atoms with van der Waals surface area (Å²) in [6.07, 6.45) is 4.88. The van der Waals surface area contributed by atoms with E-state index in [0.717, 1.165) is 18.8 Å². The summed E-state index contributed by atoms with van der Waals surface area (Å²) in [5.41, 5.74) is 0.483. The summed E-state index contributed by atoms with van der Waals surface area (Å²) in [6, 6.07) is 1.93. The molecule has 5 heteroatoms. The Kier molecular flexibility index (Phi) is 4.86. The van der Waals surface area contributed by atoms with E-state index in [-0.39, 0.29) is 11.9 Å². The standard InChI is InChI=1S/C15H22ClN3O/c1-9-4-5-13(10(2)6-9)19-15(20)11-7-14(17-3)18-8-12(11)16/h7-10,13H,4-6H2,1-3H3,(H,17,18)(H,19,20). The smallest absolute Gasteiger partial charge is 0.253 e. The van der Waals surface area contributed by atoms with Crippen molar-refractivity contribution in [1.82, 2.24) is 10.3 Å². The van der Waals surface area contributed by atoms with E-state index in [9.17, 15) is 4.79 Å². The summed E-state index contributed by atoms with van der Waals surface area (Å²) in [4.78, 5) is 16.5. The number of carbonyl (C=O) groups excluding carboxylic acids is 1. The minimum atomic E-state index is -0.111. The van der Waals surface area contributed by atoms with Gasteiger partial charge in [0.2, 0.25) is 0 Å². The second-order valence-electron chi connectivity index (χ2n) is 5.77. The predicted octanol–water partition coefficient (Wildman–Crippen LogP) is 3.33. The average Bonchev–Trinajstić information content (AvgIpc) is 2.42. The summed E-state index contributed by atoms with van der Waals surface area (Å²) in [5.74, 6) is 1.79. The Bertz CT molecular complexity index is 492. The van der Waals surface area contributed by atoms with Crippen molar-refractivity contribution in [3.63, 3.8) is 0 Å². The van der Waals surface area contributed by atoms with Crippen LogP contribution in [-0.4, -0.2) is 24.0 Å². The molecule has 3 unspecified atom stereocenters. The number of amides is 1. The molecule has 1 heterocycles. The van der Waals surface area contributed by atoms with E-state index < -0.39 is 0 Å². The van der Waals surface area contributed by atoms with Gasteiger partial charge in [0.05, 0.1) is 10.6 Å². The number of carbonyl (C=O) groups is 1. The largest absolute Gasteiger partial charge is 0.373 e. The summed E-state index contributed by atoms with van der Waals surface area (Å²) in [6.45, 7) is 4.47. The average molecular weight is 296 g/mol. The maximum atomic E-state index is 12.4. The predicted molar refractivity (Wildman–Crippen MR) is 82.2 cm³/mol. The molecule has 20 heavy (non-hydrogen) atoms. The van der Waals surface area contributed by atoms with Gasteiger partial charge in [-0.05, 0) is 37.2 Å². The van der Waals surface area contributed by atoms with Crippen molar-refractivity contribution in [2.24, 2.45) is 11.8 Å². The van der Waals surface area contributed by atoms with Gasteiger partial charge in [0.15, 0.2) is 0 Å². The lowest BCUT2D eigenvalue weighted by Crippen LogP contribution is -2.42. The molecule has 1 aliphatic rings. The van der Waals surface area contributed by atoms with Crippen LogP contribution in [0.1, 0.15) is 43.5 Å². The molecule has 3 atom stereocenters. The van der Waals surface area contributed by atoms with Crippen LogP contribution in [-0.2, 0) is 0 Å². The fourth-order valence-electron chi connectivity index (χ4n) is 2.88. The van der Waals surface area contributed by atoms with Gasteiger partial charge in [-0.3, -0.25) is 4.79 Å². The van der Waals surface area contributed by atoms with Crippen molar-refractivity contribution in [1.29, 1.82) is 0 Å². The highest BCUT2D eigenvalue weighted by molar-refractivity contribution is 6.33. The quantitative estimate of drug-likeness (QED) is 0.899. The molecule has 1 aromatic rings. The Morgan fingerprint density at radius 3 is 2.80 bits per heavy atom. The first-order valence-electron chi connectivity index (χ1n) is 7.15. The number of nitrogens with zero attached hydrogens (tertiary/aromatic N) is 1. The Hall–Kier alpha value is -1.29. The molecule has 1 amide bonds. The number of rotatable bonds is 3. The Balaban J connectivity index is 2.08. The molecular weight excluding hydrogens is 274 g/mol. The highest BCUT2D eigenvalue weighted by atomic mass is 35.5. The summed E-state index contributed by atoms with van der Waals surface area (Å²) in [7, 11) is 1.77. The zero-order valence-electron chi connectivity index (χ0n) is 12.2. The van der Waals surface area contributed by atoms with Gasteiger partial charge in [-0.2, -0.15) is 0 Å². The number of pyridine rings is 1. The van der Waals surface area contributed by atoms with Gasteiger partial charge in [0.1, 0.15) is 5.82 Å². The van der Waals surface area contributed by atoms with Crippen LogP contribution in [0.3, 0.4) is 0 Å². The number of hydrogen-bond donors (Lipinski definition) is 2. The van der Waals surface area contributed by atoms with Crippen LogP contribution in [0, 0.1) is 11.8 Å². The highest BCUT2D eigenvalue weighted by Crippen LogP contribution is 2.29. The van der Waals surface area contributed by atoms with Gasteiger partial charge < -0.3 is 10.6 Å². The normalized spacial score (nSPS) is 26.1. The van der Waals surface area contributed by atoms with Gasteiger partial charge in [-0.15, -0.1) is 0 Å². The van der Waals surface area contributed by atoms with Crippen LogP contribution >= 0.6 is 11.6 Å². The van der Waals surface area contributed by atoms with E-state index in [1.54, 1.807) is 13.1 Å². The molecule has 0 aromatic carbocycles. The summed E-state index contributed by atoms with van der Waals surface area (Å²) >= 11 is 6.07. The van der Waals surface area contributed by atoms with Crippen molar-refractivity contribution >= 4 is 23.3 Å². The molecule has 0 bridgehead atoms. The molecule has 4 nitrogen and oxygen atoms in total. The third kappa shape index (κ3) is 3.42. The molecule has 2 rings (SSSR count). The van der Waals surface area contributed by atoms with E-state index in [1.165, 1.54) is 12.6 Å². The topological polar surface area (TPSA) is 54.0 Å². The van der Waals surface area contributed by atoms with Gasteiger partial charge in [-0.1, -0.05) is 25.4 Å². The molecule has 1 aliphatic carbocycles. The van der Waals surface area contributed by atoms with Crippen LogP contribution in [0.5, 0.6) is 0 Å². The summed E-state index contributed by atoms with van der Waals surface area (Å²) < 4.78 is 0. The molecule has 1 aromatic heterocycles. The second-order valence-corrected chi connectivity index (χ2v) is 6.18. The maximum Gasteiger partial charge on any atom is 0.253 e. The van der Waals surface area contributed by atoms with Crippen LogP contribution in [0.15, 0.2) is 12.3 Å². The molecule has 0 aliphatic heterocycles. The molecule has 1 fully saturated rings. The van der Waals surface area contributed by atoms with Gasteiger partial charge >= 0.3 is 0 Å². The Labute approximate surface area is 125 Å². The third-order valence-corrected chi connectivity index (χ3v) is 4.41. The zero-order chi connectivity index (χ0) is 14.7. The minimum Gasteiger partial charge on any atom is -0.373 e. The van der Waals surface area contributed by atoms with Gasteiger partial charge in [0.25, 0.3) is 5.91 Å². The lowest BCUT2D eigenvalue weighted by molar-refractivity contribution is 0.0899. The number of hydrogen-bond acceptors (Lipinski definition) is 3. The molecule has 0 saturated heterocycles. The van der Waals surface area contributed by atoms with Crippen molar-refractivity contribution in [3.8, 4) is 0 Å². The van der Waals surface area contributed by atoms with E-state index >= 15 is 0 Å². The zero-order valence-corrected chi connectivity index (χ0v) is 13.0. The van der Waals surface area contributed by atoms with E-state index in [4.69, 9.17) is 11.6 Å². The molecule has 0 spiro atoms. The molecule has 110 valence electrons. The lowest BCUT2D eigenvalue weighted by atomic mass is 9.80. The molecular formula is C15H22ClN3O. The highest BCUT2D eigenvalue weighted by Gasteiger charge is 2.27. The number of halogens is 1. The summed E-state index contributed by atoms with van der Waals surface area (Å²) in [5, 5.41) is 6.42. The minimum absolute atomic E-state index is 0.111. The van der Waals surface area contributed by atoms with Crippen LogP contribution in [0.2, 0.25) is 5.02 Å². The van der Waals surface area contributed by atoms with Crippen LogP contribution in [0.25, 0.3) is 0 Å². The Morgan fingerprint density at radius 1 is 1.40 bits per heavy atom. The fraction of sp³-hybridized carbons (Fsp3) is 0.600. The van der Waals surface area contributed by atoms with E-state index in [0.29, 0.717) is 22.3 Å². The number of anilines is 1. The molecule has 1 saturated carbocycles. The molecule has 2 N–H and O–H groups in total. The first-order chi connectivity index (χ1) is 9.51. The SMILES string of the molecule is CNc1cc(C(=O)NC2CCC(C)CC2C)c(Cl)cn1. The van der Waals surface area contributed by atoms with Crippen LogP contribution < -0.4 is 10.6 Å².